The van der Waals surface area contributed by atoms with E-state index in [4.69, 9.17) is 0 Å². The van der Waals surface area contributed by atoms with Crippen molar-refractivity contribution in [1.82, 2.24) is 9.88 Å². The van der Waals surface area contributed by atoms with Gasteiger partial charge in [0.2, 0.25) is 5.91 Å². The molecule has 2 atom stereocenters. The molecule has 1 amide bonds. The second kappa shape index (κ2) is 10.5. The Morgan fingerprint density at radius 1 is 0.818 bits per heavy atom. The maximum atomic E-state index is 13.0. The van der Waals surface area contributed by atoms with Gasteiger partial charge in [0.1, 0.15) is 0 Å². The van der Waals surface area contributed by atoms with Gasteiger partial charge in [-0.05, 0) is 47.9 Å². The minimum Gasteiger partial charge on any atom is -0.353 e. The number of hydrogen-bond acceptors (Lipinski definition) is 1. The van der Waals surface area contributed by atoms with Crippen LogP contribution in [-0.4, -0.2) is 16.5 Å². The third kappa shape index (κ3) is 5.73. The molecule has 1 heterocycles. The van der Waals surface area contributed by atoms with Crippen LogP contribution < -0.4 is 5.32 Å². The number of aromatic nitrogens is 1. The first-order valence-electron chi connectivity index (χ1n) is 12.0. The van der Waals surface area contributed by atoms with Gasteiger partial charge in [-0.1, -0.05) is 92.7 Å². The van der Waals surface area contributed by atoms with Crippen molar-refractivity contribution in [2.45, 2.75) is 52.1 Å². The molecule has 0 fully saturated rings. The second-order valence-electron chi connectivity index (χ2n) is 9.41. The van der Waals surface area contributed by atoms with E-state index in [9.17, 15) is 4.79 Å². The smallest absolute Gasteiger partial charge is 0.220 e. The van der Waals surface area contributed by atoms with E-state index >= 15 is 0 Å². The molecule has 0 saturated carbocycles. The number of fused-ring (bicyclic) bond motifs is 1. The first-order valence-corrected chi connectivity index (χ1v) is 12.0. The molecular weight excluding hydrogens is 404 g/mol. The topological polar surface area (TPSA) is 34.0 Å². The molecule has 0 saturated heterocycles. The predicted octanol–water partition coefficient (Wildman–Crippen LogP) is 6.57. The summed E-state index contributed by atoms with van der Waals surface area (Å²) in [6, 6.07) is 29.8. The van der Waals surface area contributed by atoms with Crippen LogP contribution in [0.3, 0.4) is 0 Å². The lowest BCUT2D eigenvalue weighted by atomic mass is 9.88. The fraction of sp³-hybridized carbons (Fsp3) is 0.300. The number of carbonyl (C=O) groups is 1. The molecule has 0 bridgehead atoms. The maximum Gasteiger partial charge on any atom is 0.220 e. The highest BCUT2D eigenvalue weighted by atomic mass is 16.1. The molecule has 1 aromatic heterocycles. The van der Waals surface area contributed by atoms with Gasteiger partial charge >= 0.3 is 0 Å². The van der Waals surface area contributed by atoms with Gasteiger partial charge < -0.3 is 9.88 Å². The number of nitrogens with zero attached hydrogens (tertiary/aromatic N) is 1. The fourth-order valence-corrected chi connectivity index (χ4v) is 4.41. The zero-order chi connectivity index (χ0) is 23.2. The van der Waals surface area contributed by atoms with E-state index in [1.54, 1.807) is 0 Å². The Kier molecular flexibility index (Phi) is 7.29. The number of carbonyl (C=O) groups excluding carboxylic acids is 1. The zero-order valence-corrected chi connectivity index (χ0v) is 19.9. The predicted molar refractivity (Wildman–Crippen MR) is 137 cm³/mol. The lowest BCUT2D eigenvalue weighted by Gasteiger charge is -2.21. The third-order valence-electron chi connectivity index (χ3n) is 6.60. The maximum absolute atomic E-state index is 13.0. The lowest BCUT2D eigenvalue weighted by molar-refractivity contribution is -0.122. The number of nitrogens with one attached hydrogen (secondary N) is 1. The number of rotatable bonds is 9. The summed E-state index contributed by atoms with van der Waals surface area (Å²) in [7, 11) is 0. The SMILES string of the molecule is CC(C)C(C)NC(=O)CC(Cc1ccccc1)c1cn(Cc2ccccc2)c2ccccc12. The molecule has 0 aliphatic rings. The van der Waals surface area contributed by atoms with Gasteiger partial charge in [0.05, 0.1) is 0 Å². The second-order valence-corrected chi connectivity index (χ2v) is 9.41. The molecule has 4 rings (SSSR count). The van der Waals surface area contributed by atoms with E-state index < -0.39 is 0 Å². The molecule has 33 heavy (non-hydrogen) atoms. The molecule has 1 N–H and O–H groups in total. The summed E-state index contributed by atoms with van der Waals surface area (Å²) in [5, 5.41) is 4.45. The van der Waals surface area contributed by atoms with E-state index in [2.05, 4.69) is 116 Å². The summed E-state index contributed by atoms with van der Waals surface area (Å²) in [6.07, 6.45) is 3.58. The Labute approximate surface area is 197 Å². The molecular formula is C30H34N2O. The van der Waals surface area contributed by atoms with Crippen molar-refractivity contribution in [3.63, 3.8) is 0 Å². The van der Waals surface area contributed by atoms with Crippen LogP contribution in [0.1, 0.15) is 49.8 Å². The summed E-state index contributed by atoms with van der Waals surface area (Å²) < 4.78 is 2.33. The van der Waals surface area contributed by atoms with Crippen molar-refractivity contribution in [2.24, 2.45) is 5.92 Å². The van der Waals surface area contributed by atoms with Crippen LogP contribution in [0.4, 0.5) is 0 Å². The fourth-order valence-electron chi connectivity index (χ4n) is 4.41. The molecule has 0 radical (unpaired) electrons. The van der Waals surface area contributed by atoms with Crippen LogP contribution in [0.15, 0.2) is 91.1 Å². The largest absolute Gasteiger partial charge is 0.353 e. The molecule has 0 spiro atoms. The molecule has 0 aliphatic heterocycles. The molecule has 3 heteroatoms. The minimum absolute atomic E-state index is 0.105. The minimum atomic E-state index is 0.105. The normalized spacial score (nSPS) is 13.2. The molecule has 2 unspecified atom stereocenters. The van der Waals surface area contributed by atoms with Crippen molar-refractivity contribution in [3.8, 4) is 0 Å². The van der Waals surface area contributed by atoms with Crippen LogP contribution in [0, 0.1) is 5.92 Å². The number of benzene rings is 3. The van der Waals surface area contributed by atoms with E-state index in [1.165, 1.54) is 27.6 Å². The van der Waals surface area contributed by atoms with Crippen LogP contribution >= 0.6 is 0 Å². The van der Waals surface area contributed by atoms with Gasteiger partial charge in [-0.25, -0.2) is 0 Å². The Hall–Kier alpha value is -3.33. The Bertz CT molecular complexity index is 1180. The lowest BCUT2D eigenvalue weighted by Crippen LogP contribution is -2.36. The average Bonchev–Trinajstić information content (AvgIpc) is 3.18. The molecule has 4 aromatic rings. The number of hydrogen-bond donors (Lipinski definition) is 1. The number of para-hydroxylation sites is 1. The number of amides is 1. The first-order chi connectivity index (χ1) is 16.0. The molecule has 170 valence electrons. The van der Waals surface area contributed by atoms with Crippen molar-refractivity contribution < 1.29 is 4.79 Å². The Balaban J connectivity index is 1.69. The van der Waals surface area contributed by atoms with E-state index in [0.717, 1.165) is 13.0 Å². The van der Waals surface area contributed by atoms with Crippen LogP contribution in [0.25, 0.3) is 10.9 Å². The van der Waals surface area contributed by atoms with E-state index in [0.29, 0.717) is 12.3 Å². The monoisotopic (exact) mass is 438 g/mol. The van der Waals surface area contributed by atoms with Gasteiger partial charge in [0.15, 0.2) is 0 Å². The summed E-state index contributed by atoms with van der Waals surface area (Å²) in [4.78, 5) is 13.0. The van der Waals surface area contributed by atoms with Crippen molar-refractivity contribution in [3.05, 3.63) is 108 Å². The first kappa shape index (κ1) is 22.8. The molecule has 0 aliphatic carbocycles. The van der Waals surface area contributed by atoms with Crippen molar-refractivity contribution in [2.75, 3.05) is 0 Å². The summed E-state index contributed by atoms with van der Waals surface area (Å²) in [5.74, 6) is 0.639. The average molecular weight is 439 g/mol. The van der Waals surface area contributed by atoms with Gasteiger partial charge in [-0.15, -0.1) is 0 Å². The highest BCUT2D eigenvalue weighted by molar-refractivity contribution is 5.86. The van der Waals surface area contributed by atoms with Crippen LogP contribution in [-0.2, 0) is 17.8 Å². The molecule has 3 aromatic carbocycles. The van der Waals surface area contributed by atoms with Crippen LogP contribution in [0.2, 0.25) is 0 Å². The Morgan fingerprint density at radius 2 is 1.42 bits per heavy atom. The summed E-state index contributed by atoms with van der Waals surface area (Å²) >= 11 is 0. The van der Waals surface area contributed by atoms with Crippen molar-refractivity contribution >= 4 is 16.8 Å². The van der Waals surface area contributed by atoms with Crippen LogP contribution in [0.5, 0.6) is 0 Å². The Morgan fingerprint density at radius 3 is 2.09 bits per heavy atom. The van der Waals surface area contributed by atoms with Gasteiger partial charge in [-0.2, -0.15) is 0 Å². The van der Waals surface area contributed by atoms with Gasteiger partial charge in [-0.3, -0.25) is 4.79 Å². The standard InChI is InChI=1S/C30H34N2O/c1-22(2)23(3)31-30(33)19-26(18-24-12-6-4-7-13-24)28-21-32(20-25-14-8-5-9-15-25)29-17-11-10-16-27(28)29/h4-17,21-23,26H,18-20H2,1-3H3,(H,31,33). The van der Waals surface area contributed by atoms with E-state index in [1.807, 2.05) is 6.07 Å². The summed E-state index contributed by atoms with van der Waals surface area (Å²) in [5.41, 5.74) is 4.99. The quantitative estimate of drug-likeness (QED) is 0.315. The van der Waals surface area contributed by atoms with Crippen molar-refractivity contribution in [1.29, 1.82) is 0 Å². The highest BCUT2D eigenvalue weighted by Gasteiger charge is 2.23. The van der Waals surface area contributed by atoms with Gasteiger partial charge in [0.25, 0.3) is 0 Å². The summed E-state index contributed by atoms with van der Waals surface area (Å²) in [6.45, 7) is 7.18. The molecule has 3 nitrogen and oxygen atoms in total. The highest BCUT2D eigenvalue weighted by Crippen LogP contribution is 2.33. The third-order valence-corrected chi connectivity index (χ3v) is 6.60. The van der Waals surface area contributed by atoms with E-state index in [-0.39, 0.29) is 17.9 Å². The zero-order valence-electron chi connectivity index (χ0n) is 19.9. The van der Waals surface area contributed by atoms with Gasteiger partial charge in [0, 0.05) is 36.1 Å².